The number of hydrogen-bond acceptors (Lipinski definition) is 2. The van der Waals surface area contributed by atoms with Crippen LogP contribution in [0.1, 0.15) is 79.0 Å². The van der Waals surface area contributed by atoms with Gasteiger partial charge in [0.15, 0.2) is 0 Å². The molecular weight excluding hydrogens is 312 g/mol. The van der Waals surface area contributed by atoms with Crippen molar-refractivity contribution in [3.8, 4) is 0 Å². The quantitative estimate of drug-likeness (QED) is 0.521. The number of rotatable bonds is 9. The molecule has 0 saturated heterocycles. The van der Waals surface area contributed by atoms with Gasteiger partial charge in [-0.2, -0.15) is 0 Å². The van der Waals surface area contributed by atoms with E-state index in [0.29, 0.717) is 24.2 Å². The third-order valence-electron chi connectivity index (χ3n) is 4.57. The zero-order chi connectivity index (χ0) is 17.9. The van der Waals surface area contributed by atoms with Crippen LogP contribution in [0.2, 0.25) is 0 Å². The van der Waals surface area contributed by atoms with Gasteiger partial charge in [0.1, 0.15) is 0 Å². The Morgan fingerprint density at radius 3 is 2.36 bits per heavy atom. The predicted molar refractivity (Wildman–Crippen MR) is 102 cm³/mol. The van der Waals surface area contributed by atoms with Crippen LogP contribution in [0.4, 0.5) is 0 Å². The summed E-state index contributed by atoms with van der Waals surface area (Å²) < 4.78 is 0. The summed E-state index contributed by atoms with van der Waals surface area (Å²) in [6.07, 6.45) is 11.3. The van der Waals surface area contributed by atoms with Crippen LogP contribution in [0.25, 0.3) is 0 Å². The van der Waals surface area contributed by atoms with Crippen LogP contribution < -0.4 is 10.6 Å². The standard InChI is InChI=1S/C21H30N2O2/c1-2-3-7-14-22-20(24)18-11-8-12-19(16-18)21(25)23-15-13-17-9-5-4-6-10-17/h8-9,11-12,16H,2-7,10,13-15H2,1H3,(H,22,24)(H,23,25). The highest BCUT2D eigenvalue weighted by atomic mass is 16.2. The van der Waals surface area contributed by atoms with E-state index >= 15 is 0 Å². The molecule has 0 aliphatic heterocycles. The molecule has 2 rings (SSSR count). The molecule has 0 atom stereocenters. The number of benzene rings is 1. The van der Waals surface area contributed by atoms with Gasteiger partial charge in [-0.15, -0.1) is 0 Å². The van der Waals surface area contributed by atoms with Crippen molar-refractivity contribution in [2.75, 3.05) is 13.1 Å². The summed E-state index contributed by atoms with van der Waals surface area (Å²) in [4.78, 5) is 24.5. The van der Waals surface area contributed by atoms with Crippen molar-refractivity contribution in [3.63, 3.8) is 0 Å². The third kappa shape index (κ3) is 6.73. The van der Waals surface area contributed by atoms with E-state index in [0.717, 1.165) is 32.1 Å². The topological polar surface area (TPSA) is 58.2 Å². The SMILES string of the molecule is CCCCCNC(=O)c1cccc(C(=O)NCCC2=CCCCC2)c1. The zero-order valence-corrected chi connectivity index (χ0v) is 15.3. The molecule has 2 amide bonds. The molecule has 1 aliphatic carbocycles. The Morgan fingerprint density at radius 2 is 1.72 bits per heavy atom. The minimum Gasteiger partial charge on any atom is -0.352 e. The number of carbonyl (C=O) groups excluding carboxylic acids is 2. The van der Waals surface area contributed by atoms with Gasteiger partial charge in [0, 0.05) is 24.2 Å². The van der Waals surface area contributed by atoms with Gasteiger partial charge in [-0.25, -0.2) is 0 Å². The highest BCUT2D eigenvalue weighted by Crippen LogP contribution is 2.19. The van der Waals surface area contributed by atoms with Gasteiger partial charge in [0.2, 0.25) is 0 Å². The molecule has 1 aliphatic rings. The Morgan fingerprint density at radius 1 is 1.00 bits per heavy atom. The summed E-state index contributed by atoms with van der Waals surface area (Å²) in [5.41, 5.74) is 2.53. The Labute approximate surface area is 151 Å². The van der Waals surface area contributed by atoms with Crippen LogP contribution in [0.3, 0.4) is 0 Å². The molecule has 0 heterocycles. The number of allylic oxidation sites excluding steroid dienone is 1. The predicted octanol–water partition coefficient (Wildman–Crippen LogP) is 4.23. The third-order valence-corrected chi connectivity index (χ3v) is 4.57. The first-order valence-electron chi connectivity index (χ1n) is 9.55. The lowest BCUT2D eigenvalue weighted by Gasteiger charge is -2.13. The fraction of sp³-hybridized carbons (Fsp3) is 0.524. The summed E-state index contributed by atoms with van der Waals surface area (Å²) in [6, 6.07) is 6.94. The fourth-order valence-corrected chi connectivity index (χ4v) is 3.05. The van der Waals surface area contributed by atoms with Crippen LogP contribution in [0.5, 0.6) is 0 Å². The van der Waals surface area contributed by atoms with E-state index in [2.05, 4.69) is 23.6 Å². The number of hydrogen-bond donors (Lipinski definition) is 2. The molecule has 2 N–H and O–H groups in total. The molecule has 1 aromatic carbocycles. The fourth-order valence-electron chi connectivity index (χ4n) is 3.05. The van der Waals surface area contributed by atoms with Gasteiger partial charge in [-0.3, -0.25) is 9.59 Å². The van der Waals surface area contributed by atoms with Gasteiger partial charge in [0.05, 0.1) is 0 Å². The van der Waals surface area contributed by atoms with Crippen molar-refractivity contribution in [3.05, 3.63) is 47.0 Å². The van der Waals surface area contributed by atoms with E-state index in [9.17, 15) is 9.59 Å². The lowest BCUT2D eigenvalue weighted by atomic mass is 9.97. The summed E-state index contributed by atoms with van der Waals surface area (Å²) in [5.74, 6) is -0.227. The lowest BCUT2D eigenvalue weighted by molar-refractivity contribution is 0.0952. The monoisotopic (exact) mass is 342 g/mol. The normalized spacial score (nSPS) is 13.9. The first-order chi connectivity index (χ1) is 12.2. The molecule has 0 unspecified atom stereocenters. The summed E-state index contributed by atoms with van der Waals surface area (Å²) in [6.45, 7) is 3.46. The maximum atomic E-state index is 12.3. The van der Waals surface area contributed by atoms with Crippen LogP contribution in [-0.4, -0.2) is 24.9 Å². The molecule has 0 saturated carbocycles. The van der Waals surface area contributed by atoms with Crippen molar-refractivity contribution >= 4 is 11.8 Å². The Hall–Kier alpha value is -2.10. The first-order valence-corrected chi connectivity index (χ1v) is 9.55. The first kappa shape index (κ1) is 19.2. The van der Waals surface area contributed by atoms with Gasteiger partial charge in [0.25, 0.3) is 11.8 Å². The smallest absolute Gasteiger partial charge is 0.251 e. The van der Waals surface area contributed by atoms with Crippen molar-refractivity contribution in [1.29, 1.82) is 0 Å². The van der Waals surface area contributed by atoms with E-state index < -0.39 is 0 Å². The molecule has 0 radical (unpaired) electrons. The molecule has 136 valence electrons. The van der Waals surface area contributed by atoms with Crippen molar-refractivity contribution < 1.29 is 9.59 Å². The van der Waals surface area contributed by atoms with Crippen LogP contribution in [0, 0.1) is 0 Å². The summed E-state index contributed by atoms with van der Waals surface area (Å²) in [7, 11) is 0. The molecule has 0 spiro atoms. The Balaban J connectivity index is 1.81. The Bertz CT molecular complexity index is 608. The average molecular weight is 342 g/mol. The van der Waals surface area contributed by atoms with Gasteiger partial charge in [-0.05, 0) is 56.7 Å². The summed E-state index contributed by atoms with van der Waals surface area (Å²) >= 11 is 0. The highest BCUT2D eigenvalue weighted by Gasteiger charge is 2.10. The molecular formula is C21H30N2O2. The van der Waals surface area contributed by atoms with Crippen LogP contribution in [0.15, 0.2) is 35.9 Å². The maximum Gasteiger partial charge on any atom is 0.251 e. The number of carbonyl (C=O) groups is 2. The molecule has 0 fully saturated rings. The second kappa shape index (κ2) is 10.7. The molecule has 4 heteroatoms. The van der Waals surface area contributed by atoms with Gasteiger partial charge in [-0.1, -0.05) is 37.5 Å². The number of amides is 2. The summed E-state index contributed by atoms with van der Waals surface area (Å²) in [5, 5.41) is 5.87. The molecule has 0 bridgehead atoms. The minimum atomic E-state index is -0.114. The van der Waals surface area contributed by atoms with E-state index in [4.69, 9.17) is 0 Å². The van der Waals surface area contributed by atoms with E-state index in [-0.39, 0.29) is 11.8 Å². The van der Waals surface area contributed by atoms with Crippen LogP contribution in [-0.2, 0) is 0 Å². The second-order valence-corrected chi connectivity index (χ2v) is 6.66. The molecule has 1 aromatic rings. The largest absolute Gasteiger partial charge is 0.352 e. The van der Waals surface area contributed by atoms with Gasteiger partial charge >= 0.3 is 0 Å². The van der Waals surface area contributed by atoms with Crippen molar-refractivity contribution in [2.45, 2.75) is 58.3 Å². The minimum absolute atomic E-state index is 0.113. The Kier molecular flexibility index (Phi) is 8.23. The van der Waals surface area contributed by atoms with E-state index in [1.807, 2.05) is 0 Å². The number of unbranched alkanes of at least 4 members (excludes halogenated alkanes) is 2. The number of nitrogens with one attached hydrogen (secondary N) is 2. The second-order valence-electron chi connectivity index (χ2n) is 6.66. The van der Waals surface area contributed by atoms with Crippen LogP contribution >= 0.6 is 0 Å². The lowest BCUT2D eigenvalue weighted by Crippen LogP contribution is -2.27. The molecule has 0 aromatic heterocycles. The maximum absolute atomic E-state index is 12.3. The van der Waals surface area contributed by atoms with E-state index in [1.54, 1.807) is 24.3 Å². The van der Waals surface area contributed by atoms with Crippen molar-refractivity contribution in [2.24, 2.45) is 0 Å². The highest BCUT2D eigenvalue weighted by molar-refractivity contribution is 5.99. The van der Waals surface area contributed by atoms with Gasteiger partial charge < -0.3 is 10.6 Å². The average Bonchev–Trinajstić information content (AvgIpc) is 2.66. The van der Waals surface area contributed by atoms with E-state index in [1.165, 1.54) is 24.8 Å². The van der Waals surface area contributed by atoms with Crippen molar-refractivity contribution in [1.82, 2.24) is 10.6 Å². The zero-order valence-electron chi connectivity index (χ0n) is 15.3. The molecule has 4 nitrogen and oxygen atoms in total. The molecule has 25 heavy (non-hydrogen) atoms.